The molecule has 1 saturated heterocycles. The number of anilines is 2. The number of hydrogen-bond donors (Lipinski definition) is 2. The van der Waals surface area contributed by atoms with E-state index >= 15 is 0 Å². The van der Waals surface area contributed by atoms with E-state index in [0.717, 1.165) is 21.5 Å². The van der Waals surface area contributed by atoms with Crippen molar-refractivity contribution in [1.29, 1.82) is 0 Å². The fraction of sp³-hybridized carbons (Fsp3) is 0.0435. The molecular weight excluding hydrogens is 465 g/mol. The second kappa shape index (κ2) is 9.80. The van der Waals surface area contributed by atoms with Gasteiger partial charge >= 0.3 is 0 Å². The van der Waals surface area contributed by atoms with Gasteiger partial charge in [-0.2, -0.15) is 0 Å². The summed E-state index contributed by atoms with van der Waals surface area (Å²) in [5, 5.41) is 6.52. The summed E-state index contributed by atoms with van der Waals surface area (Å²) in [6.07, 6.45) is 1.61. The normalized spacial score (nSPS) is 14.6. The third-order valence-electron chi connectivity index (χ3n) is 4.54. The number of benzene rings is 2. The number of halogens is 1. The largest absolute Gasteiger partial charge is 0.324 e. The zero-order valence-electron chi connectivity index (χ0n) is 16.9. The van der Waals surface area contributed by atoms with E-state index in [1.807, 2.05) is 17.5 Å². The van der Waals surface area contributed by atoms with Crippen LogP contribution < -0.4 is 10.6 Å². The molecule has 2 aromatic carbocycles. The van der Waals surface area contributed by atoms with Crippen LogP contribution in [0.4, 0.5) is 20.6 Å². The fourth-order valence-corrected chi connectivity index (χ4v) is 4.56. The lowest BCUT2D eigenvalue weighted by Crippen LogP contribution is -2.36. The Balaban J connectivity index is 1.44. The van der Waals surface area contributed by atoms with Crippen LogP contribution in [0.15, 0.2) is 70.9 Å². The Kier molecular flexibility index (Phi) is 6.66. The molecule has 0 atom stereocenters. The quantitative estimate of drug-likeness (QED) is 0.493. The van der Waals surface area contributed by atoms with Crippen molar-refractivity contribution in [2.45, 2.75) is 0 Å². The minimum Gasteiger partial charge on any atom is -0.324 e. The number of carbonyl (C=O) groups excluding carboxylic acids is 4. The minimum atomic E-state index is -0.628. The molecule has 1 aromatic heterocycles. The monoisotopic (exact) mass is 481 g/mol. The predicted molar refractivity (Wildman–Crippen MR) is 126 cm³/mol. The summed E-state index contributed by atoms with van der Waals surface area (Å²) in [6, 6.07) is 15.2. The fourth-order valence-electron chi connectivity index (χ4n) is 2.99. The summed E-state index contributed by atoms with van der Waals surface area (Å²) in [6.45, 7) is -0.486. The van der Waals surface area contributed by atoms with Crippen molar-refractivity contribution in [2.75, 3.05) is 17.2 Å². The van der Waals surface area contributed by atoms with E-state index in [4.69, 9.17) is 0 Å². The Hall–Kier alpha value is -3.76. The van der Waals surface area contributed by atoms with Gasteiger partial charge < -0.3 is 10.6 Å². The van der Waals surface area contributed by atoms with E-state index in [2.05, 4.69) is 10.6 Å². The van der Waals surface area contributed by atoms with Crippen molar-refractivity contribution in [3.05, 3.63) is 87.2 Å². The van der Waals surface area contributed by atoms with Crippen molar-refractivity contribution in [3.63, 3.8) is 0 Å². The van der Waals surface area contributed by atoms with Gasteiger partial charge in [-0.3, -0.25) is 24.1 Å². The molecule has 0 aliphatic carbocycles. The highest BCUT2D eigenvalue weighted by molar-refractivity contribution is 8.18. The summed E-state index contributed by atoms with van der Waals surface area (Å²) in [5.74, 6) is -2.12. The van der Waals surface area contributed by atoms with Gasteiger partial charge in [0.2, 0.25) is 5.91 Å². The molecule has 4 rings (SSSR count). The molecule has 0 spiro atoms. The van der Waals surface area contributed by atoms with Crippen molar-refractivity contribution in [3.8, 4) is 0 Å². The van der Waals surface area contributed by atoms with E-state index in [-0.39, 0.29) is 16.2 Å². The van der Waals surface area contributed by atoms with Crippen molar-refractivity contribution in [1.82, 2.24) is 4.90 Å². The van der Waals surface area contributed by atoms with Crippen LogP contribution in [0.3, 0.4) is 0 Å². The summed E-state index contributed by atoms with van der Waals surface area (Å²) in [4.78, 5) is 52.0. The molecule has 0 radical (unpaired) electrons. The average Bonchev–Trinajstić information content (AvgIpc) is 3.40. The molecule has 0 bridgehead atoms. The lowest BCUT2D eigenvalue weighted by atomic mass is 10.1. The number of carbonyl (C=O) groups is 4. The van der Waals surface area contributed by atoms with Gasteiger partial charge in [0.1, 0.15) is 12.4 Å². The third kappa shape index (κ3) is 5.36. The average molecular weight is 482 g/mol. The molecule has 1 aliphatic rings. The molecule has 0 unspecified atom stereocenters. The van der Waals surface area contributed by atoms with Gasteiger partial charge in [-0.1, -0.05) is 18.2 Å². The van der Waals surface area contributed by atoms with Crippen LogP contribution in [0.2, 0.25) is 0 Å². The van der Waals surface area contributed by atoms with Crippen LogP contribution in [0.25, 0.3) is 6.08 Å². The van der Waals surface area contributed by atoms with Gasteiger partial charge in [-0.05, 0) is 65.7 Å². The molecule has 33 heavy (non-hydrogen) atoms. The molecule has 7 nitrogen and oxygen atoms in total. The van der Waals surface area contributed by atoms with Crippen molar-refractivity contribution in [2.24, 2.45) is 0 Å². The third-order valence-corrected chi connectivity index (χ3v) is 6.27. The number of nitrogens with one attached hydrogen (secondary N) is 2. The number of amides is 4. The van der Waals surface area contributed by atoms with E-state index in [1.54, 1.807) is 18.2 Å². The molecule has 10 heteroatoms. The first-order valence-corrected chi connectivity index (χ1v) is 11.3. The van der Waals surface area contributed by atoms with E-state index in [9.17, 15) is 23.6 Å². The van der Waals surface area contributed by atoms with Crippen molar-refractivity contribution < 1.29 is 23.6 Å². The van der Waals surface area contributed by atoms with Gasteiger partial charge in [0.15, 0.2) is 0 Å². The zero-order valence-corrected chi connectivity index (χ0v) is 18.5. The second-order valence-electron chi connectivity index (χ2n) is 6.84. The number of para-hydroxylation sites is 1. The smallest absolute Gasteiger partial charge is 0.294 e. The maximum Gasteiger partial charge on any atom is 0.294 e. The number of hydrogen-bond acceptors (Lipinski definition) is 6. The highest BCUT2D eigenvalue weighted by Crippen LogP contribution is 2.32. The lowest BCUT2D eigenvalue weighted by Gasteiger charge is -2.14. The van der Waals surface area contributed by atoms with E-state index in [1.165, 1.54) is 47.7 Å². The number of imide groups is 1. The van der Waals surface area contributed by atoms with Gasteiger partial charge in [-0.15, -0.1) is 11.3 Å². The summed E-state index contributed by atoms with van der Waals surface area (Å²) < 4.78 is 13.1. The topological polar surface area (TPSA) is 95.6 Å². The van der Waals surface area contributed by atoms with Crippen molar-refractivity contribution >= 4 is 63.5 Å². The van der Waals surface area contributed by atoms with Gasteiger partial charge in [0.25, 0.3) is 17.1 Å². The first-order valence-electron chi connectivity index (χ1n) is 9.65. The summed E-state index contributed by atoms with van der Waals surface area (Å²) >= 11 is 2.20. The highest BCUT2D eigenvalue weighted by atomic mass is 32.2. The number of thioether (sulfide) groups is 1. The molecular formula is C23H16FN3O4S2. The number of rotatable bonds is 6. The lowest BCUT2D eigenvalue weighted by molar-refractivity contribution is -0.127. The Morgan fingerprint density at radius 1 is 0.970 bits per heavy atom. The minimum absolute atomic E-state index is 0.168. The zero-order chi connectivity index (χ0) is 23.4. The number of nitrogens with zero attached hydrogens (tertiary/aromatic N) is 1. The Bertz CT molecular complexity index is 1260. The second-order valence-corrected chi connectivity index (χ2v) is 8.81. The molecule has 2 N–H and O–H groups in total. The Morgan fingerprint density at radius 2 is 1.73 bits per heavy atom. The van der Waals surface area contributed by atoms with Gasteiger partial charge in [0.05, 0.1) is 16.2 Å². The van der Waals surface area contributed by atoms with Gasteiger partial charge in [0, 0.05) is 10.6 Å². The molecule has 1 aliphatic heterocycles. The van der Waals surface area contributed by atoms with Crippen LogP contribution in [-0.4, -0.2) is 34.4 Å². The van der Waals surface area contributed by atoms with Crippen LogP contribution >= 0.6 is 23.1 Å². The van der Waals surface area contributed by atoms with Gasteiger partial charge in [-0.25, -0.2) is 4.39 Å². The Labute approximate surface area is 196 Å². The maximum absolute atomic E-state index is 13.1. The Morgan fingerprint density at radius 3 is 2.45 bits per heavy atom. The first kappa shape index (κ1) is 22.4. The van der Waals surface area contributed by atoms with Crippen LogP contribution in [0.1, 0.15) is 15.2 Å². The number of thiophene rings is 1. The van der Waals surface area contributed by atoms with Crippen LogP contribution in [0, 0.1) is 5.82 Å². The standard InChI is InChI=1S/C23H16FN3O4S2/c24-14-7-9-15(10-8-14)25-21(29)17-5-1-2-6-18(17)26-20(28)13-27-22(30)19(33-23(27)31)12-16-4-3-11-32-16/h1-12H,13H2,(H,25,29)(H,26,28)/b19-12-. The summed E-state index contributed by atoms with van der Waals surface area (Å²) in [5.41, 5.74) is 0.767. The maximum atomic E-state index is 13.1. The molecule has 4 amide bonds. The molecule has 1 fully saturated rings. The SMILES string of the molecule is O=C(CN1C(=O)S/C(=C\c2cccs2)C1=O)Nc1ccccc1C(=O)Nc1ccc(F)cc1. The first-order chi connectivity index (χ1) is 15.9. The molecule has 166 valence electrons. The van der Waals surface area contributed by atoms with E-state index < -0.39 is 35.3 Å². The molecule has 3 aromatic rings. The highest BCUT2D eigenvalue weighted by Gasteiger charge is 2.36. The predicted octanol–water partition coefficient (Wildman–Crippen LogP) is 4.81. The van der Waals surface area contributed by atoms with Crippen LogP contribution in [0.5, 0.6) is 0 Å². The van der Waals surface area contributed by atoms with E-state index in [0.29, 0.717) is 5.69 Å². The molecule has 0 saturated carbocycles. The summed E-state index contributed by atoms with van der Waals surface area (Å²) in [7, 11) is 0. The van der Waals surface area contributed by atoms with Crippen LogP contribution in [-0.2, 0) is 9.59 Å². The molecule has 2 heterocycles.